The van der Waals surface area contributed by atoms with Gasteiger partial charge in [0.15, 0.2) is 0 Å². The molecular formula is C13H16N4O. The van der Waals surface area contributed by atoms with E-state index in [1.807, 2.05) is 22.9 Å². The summed E-state index contributed by atoms with van der Waals surface area (Å²) in [6.45, 7) is 3.62. The molecule has 18 heavy (non-hydrogen) atoms. The number of likely N-dealkylation sites (N-methyl/N-ethyl adjacent to an activating group) is 1. The summed E-state index contributed by atoms with van der Waals surface area (Å²) in [5.74, 6) is 0.958. The van der Waals surface area contributed by atoms with Crippen LogP contribution in [-0.2, 0) is 0 Å². The predicted molar refractivity (Wildman–Crippen MR) is 67.4 cm³/mol. The van der Waals surface area contributed by atoms with Crippen molar-refractivity contribution in [1.82, 2.24) is 20.1 Å². The standard InChI is InChI=1S/C13H16N4O/c1-2-15-13-10-5-3-4-6-12(10)18-7-11(13)17-9-14-8-16-17/h3-6,8-9,11,13,15H,2,7H2,1H3. The number of aromatic nitrogens is 3. The first-order valence-electron chi connectivity index (χ1n) is 6.19. The maximum atomic E-state index is 5.81. The van der Waals surface area contributed by atoms with Gasteiger partial charge >= 0.3 is 0 Å². The van der Waals surface area contributed by atoms with Gasteiger partial charge in [-0.25, -0.2) is 9.67 Å². The minimum Gasteiger partial charge on any atom is -0.491 e. The second kappa shape index (κ2) is 4.78. The van der Waals surface area contributed by atoms with Crippen LogP contribution in [0.2, 0.25) is 0 Å². The van der Waals surface area contributed by atoms with Gasteiger partial charge in [-0.15, -0.1) is 0 Å². The van der Waals surface area contributed by atoms with Gasteiger partial charge < -0.3 is 10.1 Å². The Bertz CT molecular complexity index is 511. The normalized spacial score (nSPS) is 22.3. The molecule has 3 rings (SSSR count). The van der Waals surface area contributed by atoms with E-state index < -0.39 is 0 Å². The van der Waals surface area contributed by atoms with Crippen molar-refractivity contribution in [2.75, 3.05) is 13.2 Å². The summed E-state index contributed by atoms with van der Waals surface area (Å²) in [6.07, 6.45) is 3.30. The molecule has 1 aromatic heterocycles. The number of benzene rings is 1. The van der Waals surface area contributed by atoms with Crippen molar-refractivity contribution in [3.63, 3.8) is 0 Å². The average Bonchev–Trinajstić information content (AvgIpc) is 2.93. The highest BCUT2D eigenvalue weighted by Crippen LogP contribution is 2.37. The molecule has 0 saturated heterocycles. The minimum absolute atomic E-state index is 0.141. The van der Waals surface area contributed by atoms with E-state index in [1.165, 1.54) is 5.56 Å². The molecule has 0 fully saturated rings. The fourth-order valence-electron chi connectivity index (χ4n) is 2.43. The van der Waals surface area contributed by atoms with Crippen LogP contribution in [0.1, 0.15) is 24.6 Å². The average molecular weight is 244 g/mol. The van der Waals surface area contributed by atoms with Crippen LogP contribution in [0.3, 0.4) is 0 Å². The van der Waals surface area contributed by atoms with E-state index in [0.717, 1.165) is 12.3 Å². The van der Waals surface area contributed by atoms with Crippen molar-refractivity contribution >= 4 is 0 Å². The Morgan fingerprint density at radius 2 is 2.33 bits per heavy atom. The molecule has 2 heterocycles. The highest BCUT2D eigenvalue weighted by Gasteiger charge is 2.31. The highest BCUT2D eigenvalue weighted by atomic mass is 16.5. The molecule has 0 spiro atoms. The maximum Gasteiger partial charge on any atom is 0.137 e. The third kappa shape index (κ3) is 1.86. The van der Waals surface area contributed by atoms with Crippen molar-refractivity contribution < 1.29 is 4.74 Å². The first-order chi connectivity index (χ1) is 8.90. The minimum atomic E-state index is 0.141. The zero-order chi connectivity index (χ0) is 12.4. The van der Waals surface area contributed by atoms with Crippen LogP contribution in [0.4, 0.5) is 0 Å². The molecular weight excluding hydrogens is 228 g/mol. The number of hydrogen-bond donors (Lipinski definition) is 1. The van der Waals surface area contributed by atoms with Gasteiger partial charge in [0, 0.05) is 5.56 Å². The van der Waals surface area contributed by atoms with Gasteiger partial charge in [0.05, 0.1) is 6.04 Å². The quantitative estimate of drug-likeness (QED) is 0.890. The molecule has 5 nitrogen and oxygen atoms in total. The lowest BCUT2D eigenvalue weighted by Gasteiger charge is -2.33. The number of nitrogens with zero attached hydrogens (tertiary/aromatic N) is 3. The van der Waals surface area contributed by atoms with Crippen molar-refractivity contribution in [3.05, 3.63) is 42.5 Å². The predicted octanol–water partition coefficient (Wildman–Crippen LogP) is 1.56. The Labute approximate surface area is 106 Å². The smallest absolute Gasteiger partial charge is 0.137 e. The van der Waals surface area contributed by atoms with Gasteiger partial charge in [-0.3, -0.25) is 0 Å². The van der Waals surface area contributed by atoms with Gasteiger partial charge in [0.1, 0.15) is 31.1 Å². The Morgan fingerprint density at radius 3 is 3.11 bits per heavy atom. The molecule has 1 N–H and O–H groups in total. The van der Waals surface area contributed by atoms with Crippen LogP contribution in [0.15, 0.2) is 36.9 Å². The van der Waals surface area contributed by atoms with Gasteiger partial charge in [-0.1, -0.05) is 25.1 Å². The molecule has 0 aliphatic carbocycles. The molecule has 5 heteroatoms. The maximum absolute atomic E-state index is 5.81. The topological polar surface area (TPSA) is 52.0 Å². The van der Waals surface area contributed by atoms with Crippen LogP contribution in [-0.4, -0.2) is 27.9 Å². The fourth-order valence-corrected chi connectivity index (χ4v) is 2.43. The zero-order valence-corrected chi connectivity index (χ0v) is 10.3. The van der Waals surface area contributed by atoms with Crippen LogP contribution in [0.25, 0.3) is 0 Å². The molecule has 0 amide bonds. The third-order valence-corrected chi connectivity index (χ3v) is 3.25. The van der Waals surface area contributed by atoms with Crippen LogP contribution in [0.5, 0.6) is 5.75 Å². The van der Waals surface area contributed by atoms with Crippen LogP contribution in [0, 0.1) is 0 Å². The van der Waals surface area contributed by atoms with Gasteiger partial charge in [0.25, 0.3) is 0 Å². The molecule has 2 aromatic rings. The van der Waals surface area contributed by atoms with Crippen LogP contribution < -0.4 is 10.1 Å². The lowest BCUT2D eigenvalue weighted by Crippen LogP contribution is -2.37. The van der Waals surface area contributed by atoms with E-state index >= 15 is 0 Å². The largest absolute Gasteiger partial charge is 0.491 e. The number of rotatable bonds is 3. The van der Waals surface area contributed by atoms with Crippen molar-refractivity contribution in [2.45, 2.75) is 19.0 Å². The molecule has 1 aromatic carbocycles. The Kier molecular flexibility index (Phi) is 2.98. The van der Waals surface area contributed by atoms with Gasteiger partial charge in [0.2, 0.25) is 0 Å². The number of para-hydroxylation sites is 1. The monoisotopic (exact) mass is 244 g/mol. The summed E-state index contributed by atoms with van der Waals surface area (Å²) in [5, 5.41) is 7.74. The lowest BCUT2D eigenvalue weighted by molar-refractivity contribution is 0.170. The Balaban J connectivity index is 1.98. The summed E-state index contributed by atoms with van der Waals surface area (Å²) < 4.78 is 7.67. The number of nitrogens with one attached hydrogen (secondary N) is 1. The van der Waals surface area contributed by atoms with Crippen molar-refractivity contribution in [3.8, 4) is 5.75 Å². The molecule has 1 aliphatic rings. The summed E-state index contributed by atoms with van der Waals surface area (Å²) in [4.78, 5) is 4.02. The fraction of sp³-hybridized carbons (Fsp3) is 0.385. The number of hydrogen-bond acceptors (Lipinski definition) is 4. The number of fused-ring (bicyclic) bond motifs is 1. The van der Waals surface area contributed by atoms with E-state index in [-0.39, 0.29) is 12.1 Å². The SMILES string of the molecule is CCNC1c2ccccc2OCC1n1cncn1. The highest BCUT2D eigenvalue weighted by molar-refractivity contribution is 5.38. The van der Waals surface area contributed by atoms with E-state index in [1.54, 1.807) is 12.7 Å². The molecule has 0 bridgehead atoms. The van der Waals surface area contributed by atoms with E-state index in [2.05, 4.69) is 28.4 Å². The summed E-state index contributed by atoms with van der Waals surface area (Å²) >= 11 is 0. The van der Waals surface area contributed by atoms with Crippen molar-refractivity contribution in [2.24, 2.45) is 0 Å². The second-order valence-electron chi connectivity index (χ2n) is 4.33. The first kappa shape index (κ1) is 11.2. The summed E-state index contributed by atoms with van der Waals surface area (Å²) in [6, 6.07) is 8.50. The number of ether oxygens (including phenoxy) is 1. The zero-order valence-electron chi connectivity index (χ0n) is 10.3. The lowest BCUT2D eigenvalue weighted by atomic mass is 9.96. The van der Waals surface area contributed by atoms with Crippen LogP contribution >= 0.6 is 0 Å². The van der Waals surface area contributed by atoms with E-state index in [4.69, 9.17) is 4.74 Å². The summed E-state index contributed by atoms with van der Waals surface area (Å²) in [5.41, 5.74) is 1.19. The third-order valence-electron chi connectivity index (χ3n) is 3.25. The molecule has 2 atom stereocenters. The molecule has 1 aliphatic heterocycles. The molecule has 0 radical (unpaired) electrons. The second-order valence-corrected chi connectivity index (χ2v) is 4.33. The Morgan fingerprint density at radius 1 is 1.44 bits per heavy atom. The molecule has 94 valence electrons. The Hall–Kier alpha value is -1.88. The van der Waals surface area contributed by atoms with Gasteiger partial charge in [-0.2, -0.15) is 5.10 Å². The van der Waals surface area contributed by atoms with Crippen molar-refractivity contribution in [1.29, 1.82) is 0 Å². The van der Waals surface area contributed by atoms with E-state index in [0.29, 0.717) is 6.61 Å². The summed E-state index contributed by atoms with van der Waals surface area (Å²) in [7, 11) is 0. The molecule has 0 saturated carbocycles. The van der Waals surface area contributed by atoms with E-state index in [9.17, 15) is 0 Å². The molecule has 2 unspecified atom stereocenters. The van der Waals surface area contributed by atoms with Gasteiger partial charge in [-0.05, 0) is 12.6 Å². The first-order valence-corrected chi connectivity index (χ1v) is 6.19.